The van der Waals surface area contributed by atoms with E-state index in [4.69, 9.17) is 24.4 Å². The van der Waals surface area contributed by atoms with Gasteiger partial charge in [0.1, 0.15) is 48.8 Å². The molecule has 0 aliphatic carbocycles. The van der Waals surface area contributed by atoms with Crippen molar-refractivity contribution in [3.05, 3.63) is 0 Å². The summed E-state index contributed by atoms with van der Waals surface area (Å²) in [6.07, 6.45) is -15.6. The molecule has 11 nitrogen and oxygen atoms in total. The minimum absolute atomic E-state index is 0.651. The van der Waals surface area contributed by atoms with E-state index in [9.17, 15) is 30.6 Å². The van der Waals surface area contributed by atoms with Gasteiger partial charge in [-0.05, 0) is 0 Å². The maximum absolute atomic E-state index is 9.94. The van der Waals surface area contributed by atoms with Gasteiger partial charge in [0.15, 0.2) is 12.6 Å². The maximum atomic E-state index is 9.94. The molecule has 2 aliphatic rings. The van der Waals surface area contributed by atoms with E-state index < -0.39 is 74.6 Å². The van der Waals surface area contributed by atoms with Crippen molar-refractivity contribution in [1.29, 1.82) is 0 Å². The average molecular weight is 342 g/mol. The van der Waals surface area contributed by atoms with Crippen molar-refractivity contribution in [2.24, 2.45) is 0 Å². The Morgan fingerprint density at radius 2 is 1.17 bits per heavy atom. The summed E-state index contributed by atoms with van der Waals surface area (Å²) < 4.78 is 15.1. The summed E-state index contributed by atoms with van der Waals surface area (Å²) in [5, 5.41) is 76.7. The van der Waals surface area contributed by atoms with E-state index in [2.05, 4.69) is 0 Å². The molecule has 136 valence electrons. The van der Waals surface area contributed by atoms with Gasteiger partial charge in [-0.1, -0.05) is 0 Å². The first kappa shape index (κ1) is 18.9. The third-order valence-corrected chi connectivity index (χ3v) is 3.98. The molecule has 0 amide bonds. The van der Waals surface area contributed by atoms with E-state index in [1.165, 1.54) is 0 Å². The first-order valence-electron chi connectivity index (χ1n) is 7.08. The van der Waals surface area contributed by atoms with Crippen LogP contribution < -0.4 is 0 Å². The second-order valence-electron chi connectivity index (χ2n) is 5.53. The van der Waals surface area contributed by atoms with Crippen LogP contribution >= 0.6 is 0 Å². The number of aliphatic hydroxyl groups is 8. The van der Waals surface area contributed by atoms with Gasteiger partial charge in [-0.25, -0.2) is 0 Å². The fraction of sp³-hybridized carbons (Fsp3) is 1.00. The zero-order valence-electron chi connectivity index (χ0n) is 12.0. The lowest BCUT2D eigenvalue weighted by Gasteiger charge is -2.44. The van der Waals surface area contributed by atoms with Crippen LogP contribution in [0.1, 0.15) is 0 Å². The van der Waals surface area contributed by atoms with Crippen LogP contribution in [0.4, 0.5) is 0 Å². The molecule has 0 spiro atoms. The Morgan fingerprint density at radius 1 is 0.652 bits per heavy atom. The van der Waals surface area contributed by atoms with Crippen molar-refractivity contribution in [1.82, 2.24) is 0 Å². The van der Waals surface area contributed by atoms with Gasteiger partial charge in [0, 0.05) is 0 Å². The summed E-state index contributed by atoms with van der Waals surface area (Å²) in [4.78, 5) is 0. The Labute approximate surface area is 130 Å². The third-order valence-electron chi connectivity index (χ3n) is 3.98. The van der Waals surface area contributed by atoms with Crippen LogP contribution in [0.25, 0.3) is 0 Å². The zero-order chi connectivity index (χ0) is 17.3. The Balaban J connectivity index is 2.08. The molecule has 23 heavy (non-hydrogen) atoms. The van der Waals surface area contributed by atoms with E-state index in [-0.39, 0.29) is 0 Å². The van der Waals surface area contributed by atoms with Gasteiger partial charge in [-0.2, -0.15) is 0 Å². The third kappa shape index (κ3) is 3.65. The molecule has 0 saturated carbocycles. The van der Waals surface area contributed by atoms with Gasteiger partial charge < -0.3 is 55.1 Å². The highest BCUT2D eigenvalue weighted by molar-refractivity contribution is 4.93. The molecule has 10 atom stereocenters. The first-order chi connectivity index (χ1) is 10.8. The van der Waals surface area contributed by atoms with Crippen LogP contribution in [0.2, 0.25) is 0 Å². The second-order valence-corrected chi connectivity index (χ2v) is 5.53. The lowest BCUT2D eigenvalue weighted by atomic mass is 9.97. The number of ether oxygens (including phenoxy) is 3. The number of rotatable bonds is 4. The minimum Gasteiger partial charge on any atom is -0.394 e. The largest absolute Gasteiger partial charge is 0.394 e. The molecule has 2 aliphatic heterocycles. The number of aliphatic hydroxyl groups excluding tert-OH is 8. The highest BCUT2D eigenvalue weighted by Crippen LogP contribution is 2.28. The number of hydrogen-bond acceptors (Lipinski definition) is 11. The van der Waals surface area contributed by atoms with Gasteiger partial charge in [0.2, 0.25) is 0 Å². The molecule has 0 aromatic carbocycles. The van der Waals surface area contributed by atoms with Crippen LogP contribution in [-0.2, 0) is 14.2 Å². The van der Waals surface area contributed by atoms with Gasteiger partial charge >= 0.3 is 0 Å². The summed E-state index contributed by atoms with van der Waals surface area (Å²) >= 11 is 0. The van der Waals surface area contributed by atoms with Crippen molar-refractivity contribution in [2.75, 3.05) is 13.2 Å². The van der Waals surface area contributed by atoms with Crippen molar-refractivity contribution < 1.29 is 55.1 Å². The molecule has 2 saturated heterocycles. The lowest BCUT2D eigenvalue weighted by molar-refractivity contribution is -0.361. The van der Waals surface area contributed by atoms with Crippen LogP contribution in [0.15, 0.2) is 0 Å². The van der Waals surface area contributed by atoms with Crippen molar-refractivity contribution in [2.45, 2.75) is 61.4 Å². The summed E-state index contributed by atoms with van der Waals surface area (Å²) in [6, 6.07) is 0. The minimum atomic E-state index is -1.75. The topological polar surface area (TPSA) is 190 Å². The Kier molecular flexibility index (Phi) is 6.27. The van der Waals surface area contributed by atoms with Gasteiger partial charge in [0.05, 0.1) is 13.2 Å². The predicted molar refractivity (Wildman–Crippen MR) is 68.6 cm³/mol. The predicted octanol–water partition coefficient (Wildman–Crippen LogP) is -5.40. The molecule has 0 aromatic rings. The van der Waals surface area contributed by atoms with Crippen molar-refractivity contribution in [3.63, 3.8) is 0 Å². The lowest BCUT2D eigenvalue weighted by Crippen LogP contribution is -2.64. The summed E-state index contributed by atoms with van der Waals surface area (Å²) in [5.74, 6) is 0. The maximum Gasteiger partial charge on any atom is 0.187 e. The van der Waals surface area contributed by atoms with Crippen LogP contribution in [0.3, 0.4) is 0 Å². The molecule has 0 bridgehead atoms. The van der Waals surface area contributed by atoms with Gasteiger partial charge in [0.25, 0.3) is 0 Å². The molecular formula is C12H22O11. The summed E-state index contributed by atoms with van der Waals surface area (Å²) in [5.41, 5.74) is 0. The summed E-state index contributed by atoms with van der Waals surface area (Å²) in [6.45, 7) is -1.33. The van der Waals surface area contributed by atoms with Gasteiger partial charge in [-0.15, -0.1) is 0 Å². The molecule has 2 fully saturated rings. The first-order valence-corrected chi connectivity index (χ1v) is 7.08. The highest BCUT2D eigenvalue weighted by Gasteiger charge is 2.50. The van der Waals surface area contributed by atoms with E-state index in [0.29, 0.717) is 0 Å². The van der Waals surface area contributed by atoms with Crippen molar-refractivity contribution >= 4 is 0 Å². The normalized spacial score (nSPS) is 51.7. The molecule has 2 rings (SSSR count). The van der Waals surface area contributed by atoms with E-state index in [0.717, 1.165) is 0 Å². The Morgan fingerprint density at radius 3 is 1.74 bits per heavy atom. The average Bonchev–Trinajstić information content (AvgIpc) is 2.54. The monoisotopic (exact) mass is 342 g/mol. The number of hydrogen-bond donors (Lipinski definition) is 8. The highest BCUT2D eigenvalue weighted by atomic mass is 16.7. The van der Waals surface area contributed by atoms with Crippen LogP contribution in [0.5, 0.6) is 0 Å². The van der Waals surface area contributed by atoms with E-state index >= 15 is 0 Å². The summed E-state index contributed by atoms with van der Waals surface area (Å²) in [7, 11) is 0. The van der Waals surface area contributed by atoms with Gasteiger partial charge in [-0.3, -0.25) is 0 Å². The van der Waals surface area contributed by atoms with E-state index in [1.54, 1.807) is 0 Å². The molecular weight excluding hydrogens is 320 g/mol. The molecule has 0 aromatic heterocycles. The SMILES string of the molecule is OC[C@H]1O[C@@H](O)[C@H](OC2O[C@H](CO)[C@@H](O)[C@H](O)[C@H]2O)[C@@H](O)[C@@H]1O. The Bertz CT molecular complexity index is 380. The fourth-order valence-electron chi connectivity index (χ4n) is 2.55. The molecule has 2 heterocycles. The molecule has 11 heteroatoms. The molecule has 0 radical (unpaired) electrons. The Hall–Kier alpha value is -0.440. The van der Waals surface area contributed by atoms with E-state index in [1.807, 2.05) is 0 Å². The molecule has 8 N–H and O–H groups in total. The van der Waals surface area contributed by atoms with Crippen molar-refractivity contribution in [3.8, 4) is 0 Å². The standard InChI is InChI=1S/C12H22O11/c13-1-3-6(16)8(18)10(11(20)21-3)23-12-9(19)7(17)5(15)4(2-14)22-12/h3-20H,1-2H2/t3-,4-,5-,6-,7+,8+,9-,10-,11-,12?/m1/s1. The van der Waals surface area contributed by atoms with Crippen LogP contribution in [-0.4, -0.2) is 115 Å². The smallest absolute Gasteiger partial charge is 0.187 e. The van der Waals surface area contributed by atoms with Crippen LogP contribution in [0, 0.1) is 0 Å². The quantitative estimate of drug-likeness (QED) is 0.243. The fourth-order valence-corrected chi connectivity index (χ4v) is 2.55. The molecule has 1 unspecified atom stereocenters. The second kappa shape index (κ2) is 7.63. The zero-order valence-corrected chi connectivity index (χ0v) is 12.0.